The molecule has 1 aromatic rings. The number of rotatable bonds is 5. The van der Waals surface area contributed by atoms with Crippen LogP contribution in [0.2, 0.25) is 0 Å². The van der Waals surface area contributed by atoms with Gasteiger partial charge in [0.05, 0.1) is 0 Å². The second-order valence-corrected chi connectivity index (χ2v) is 5.78. The zero-order valence-corrected chi connectivity index (χ0v) is 13.1. The van der Waals surface area contributed by atoms with Crippen molar-refractivity contribution >= 4 is 11.6 Å². The van der Waals surface area contributed by atoms with Crippen LogP contribution in [0, 0.1) is 0 Å². The van der Waals surface area contributed by atoms with Crippen molar-refractivity contribution in [3.05, 3.63) is 11.9 Å². The molecule has 0 radical (unpaired) electrons. The highest BCUT2D eigenvalue weighted by atomic mass is 15.2. The van der Waals surface area contributed by atoms with Gasteiger partial charge in [-0.3, -0.25) is 0 Å². The van der Waals surface area contributed by atoms with E-state index in [1.165, 1.54) is 19.4 Å². The minimum Gasteiger partial charge on any atom is -0.373 e. The van der Waals surface area contributed by atoms with Crippen LogP contribution < -0.4 is 10.6 Å². The minimum absolute atomic E-state index is 0.336. The molecular formula is C15H27N5. The van der Waals surface area contributed by atoms with Crippen LogP contribution in [-0.2, 0) is 0 Å². The van der Waals surface area contributed by atoms with Gasteiger partial charge in [-0.05, 0) is 25.9 Å². The highest BCUT2D eigenvalue weighted by Gasteiger charge is 2.19. The smallest absolute Gasteiger partial charge is 0.135 e. The molecule has 5 nitrogen and oxygen atoms in total. The summed E-state index contributed by atoms with van der Waals surface area (Å²) in [4.78, 5) is 11.6. The van der Waals surface area contributed by atoms with Crippen LogP contribution in [0.3, 0.4) is 0 Å². The summed E-state index contributed by atoms with van der Waals surface area (Å²) >= 11 is 0. The van der Waals surface area contributed by atoms with Crippen molar-refractivity contribution in [2.75, 3.05) is 37.3 Å². The van der Waals surface area contributed by atoms with E-state index in [9.17, 15) is 0 Å². The zero-order chi connectivity index (χ0) is 14.5. The SMILES string of the molecule is CCN1CCCC(Nc2cc(NC)nc(C(C)C)n2)C1. The Morgan fingerprint density at radius 3 is 2.75 bits per heavy atom. The molecule has 1 aliphatic rings. The molecular weight excluding hydrogens is 250 g/mol. The minimum atomic E-state index is 0.336. The van der Waals surface area contributed by atoms with E-state index >= 15 is 0 Å². The Kier molecular flexibility index (Phi) is 5.17. The first-order chi connectivity index (χ1) is 9.62. The molecule has 112 valence electrons. The van der Waals surface area contributed by atoms with Crippen molar-refractivity contribution in [3.8, 4) is 0 Å². The van der Waals surface area contributed by atoms with Crippen LogP contribution >= 0.6 is 0 Å². The molecule has 2 rings (SSSR count). The van der Waals surface area contributed by atoms with Gasteiger partial charge in [0.15, 0.2) is 0 Å². The standard InChI is InChI=1S/C15H27N5/c1-5-20-8-6-7-12(10-20)17-14-9-13(16-4)18-15(19-14)11(2)3/h9,11-12H,5-8,10H2,1-4H3,(H2,16,17,18,19). The lowest BCUT2D eigenvalue weighted by atomic mass is 10.1. The Bertz CT molecular complexity index is 432. The van der Waals surface area contributed by atoms with Crippen molar-refractivity contribution in [2.24, 2.45) is 0 Å². The van der Waals surface area contributed by atoms with Crippen molar-refractivity contribution in [1.29, 1.82) is 0 Å². The summed E-state index contributed by atoms with van der Waals surface area (Å²) in [7, 11) is 1.90. The number of likely N-dealkylation sites (N-methyl/N-ethyl adjacent to an activating group) is 1. The maximum Gasteiger partial charge on any atom is 0.135 e. The quantitative estimate of drug-likeness (QED) is 0.866. The van der Waals surface area contributed by atoms with E-state index in [-0.39, 0.29) is 0 Å². The van der Waals surface area contributed by atoms with E-state index in [1.807, 2.05) is 13.1 Å². The first kappa shape index (κ1) is 15.0. The Morgan fingerprint density at radius 2 is 2.10 bits per heavy atom. The molecule has 1 unspecified atom stereocenters. The van der Waals surface area contributed by atoms with Gasteiger partial charge in [-0.1, -0.05) is 20.8 Å². The van der Waals surface area contributed by atoms with Gasteiger partial charge in [-0.25, -0.2) is 9.97 Å². The van der Waals surface area contributed by atoms with Gasteiger partial charge in [0.2, 0.25) is 0 Å². The van der Waals surface area contributed by atoms with Crippen LogP contribution in [0.25, 0.3) is 0 Å². The number of nitrogens with zero attached hydrogens (tertiary/aromatic N) is 3. The Labute approximate surface area is 122 Å². The number of hydrogen-bond acceptors (Lipinski definition) is 5. The van der Waals surface area contributed by atoms with E-state index in [1.54, 1.807) is 0 Å². The highest BCUT2D eigenvalue weighted by molar-refractivity contribution is 5.48. The molecule has 1 aromatic heterocycles. The lowest BCUT2D eigenvalue weighted by Crippen LogP contribution is -2.42. The normalized spacial score (nSPS) is 20.1. The second-order valence-electron chi connectivity index (χ2n) is 5.78. The summed E-state index contributed by atoms with van der Waals surface area (Å²) in [5, 5.41) is 6.70. The molecule has 1 saturated heterocycles. The van der Waals surface area contributed by atoms with Gasteiger partial charge in [-0.15, -0.1) is 0 Å². The van der Waals surface area contributed by atoms with Crippen LogP contribution in [0.1, 0.15) is 45.4 Å². The number of piperidine rings is 1. The van der Waals surface area contributed by atoms with Crippen molar-refractivity contribution < 1.29 is 0 Å². The van der Waals surface area contributed by atoms with E-state index in [2.05, 4.69) is 46.3 Å². The lowest BCUT2D eigenvalue weighted by molar-refractivity contribution is 0.226. The molecule has 5 heteroatoms. The number of hydrogen-bond donors (Lipinski definition) is 2. The molecule has 2 N–H and O–H groups in total. The van der Waals surface area contributed by atoms with E-state index in [0.717, 1.165) is 30.5 Å². The van der Waals surface area contributed by atoms with Crippen molar-refractivity contribution in [1.82, 2.24) is 14.9 Å². The molecule has 1 aliphatic heterocycles. The number of nitrogens with one attached hydrogen (secondary N) is 2. The van der Waals surface area contributed by atoms with Gasteiger partial charge in [0.1, 0.15) is 17.5 Å². The monoisotopic (exact) mass is 277 g/mol. The summed E-state index contributed by atoms with van der Waals surface area (Å²) in [5.41, 5.74) is 0. The zero-order valence-electron chi connectivity index (χ0n) is 13.1. The van der Waals surface area contributed by atoms with Crippen molar-refractivity contribution in [2.45, 2.75) is 45.6 Å². The predicted octanol–water partition coefficient (Wildman–Crippen LogP) is 2.54. The summed E-state index contributed by atoms with van der Waals surface area (Å²) in [6, 6.07) is 2.49. The van der Waals surface area contributed by atoms with E-state index in [4.69, 9.17) is 0 Å². The average molecular weight is 277 g/mol. The largest absolute Gasteiger partial charge is 0.373 e. The number of likely N-dealkylation sites (tertiary alicyclic amines) is 1. The Balaban J connectivity index is 2.09. The van der Waals surface area contributed by atoms with Gasteiger partial charge >= 0.3 is 0 Å². The first-order valence-electron chi connectivity index (χ1n) is 7.68. The third-order valence-electron chi connectivity index (χ3n) is 3.82. The molecule has 1 fully saturated rings. The third kappa shape index (κ3) is 3.82. The molecule has 2 heterocycles. The summed E-state index contributed by atoms with van der Waals surface area (Å²) in [5.74, 6) is 3.05. The molecule has 0 saturated carbocycles. The van der Waals surface area contributed by atoms with E-state index in [0.29, 0.717) is 12.0 Å². The second kappa shape index (κ2) is 6.88. The molecule has 0 bridgehead atoms. The maximum atomic E-state index is 4.65. The van der Waals surface area contributed by atoms with Gasteiger partial charge < -0.3 is 15.5 Å². The lowest BCUT2D eigenvalue weighted by Gasteiger charge is -2.32. The van der Waals surface area contributed by atoms with E-state index < -0.39 is 0 Å². The van der Waals surface area contributed by atoms with Gasteiger partial charge in [0, 0.05) is 31.6 Å². The number of aromatic nitrogens is 2. The summed E-state index contributed by atoms with van der Waals surface area (Å²) < 4.78 is 0. The third-order valence-corrected chi connectivity index (χ3v) is 3.82. The number of anilines is 2. The molecule has 0 spiro atoms. The average Bonchev–Trinajstić information content (AvgIpc) is 2.47. The Morgan fingerprint density at radius 1 is 1.35 bits per heavy atom. The Hall–Kier alpha value is -1.36. The molecule has 0 amide bonds. The van der Waals surface area contributed by atoms with Crippen LogP contribution in [0.5, 0.6) is 0 Å². The molecule has 20 heavy (non-hydrogen) atoms. The molecule has 0 aliphatic carbocycles. The van der Waals surface area contributed by atoms with Crippen molar-refractivity contribution in [3.63, 3.8) is 0 Å². The fourth-order valence-corrected chi connectivity index (χ4v) is 2.60. The highest BCUT2D eigenvalue weighted by Crippen LogP contribution is 2.19. The maximum absolute atomic E-state index is 4.65. The summed E-state index contributed by atoms with van der Waals surface area (Å²) in [6.45, 7) is 9.92. The fraction of sp³-hybridized carbons (Fsp3) is 0.733. The molecule has 0 aromatic carbocycles. The topological polar surface area (TPSA) is 53.1 Å². The van der Waals surface area contributed by atoms with Crippen LogP contribution in [0.15, 0.2) is 6.07 Å². The van der Waals surface area contributed by atoms with Crippen LogP contribution in [-0.4, -0.2) is 47.6 Å². The first-order valence-corrected chi connectivity index (χ1v) is 7.68. The predicted molar refractivity (Wildman–Crippen MR) is 84.4 cm³/mol. The fourth-order valence-electron chi connectivity index (χ4n) is 2.60. The summed E-state index contributed by atoms with van der Waals surface area (Å²) in [6.07, 6.45) is 2.47. The van der Waals surface area contributed by atoms with Gasteiger partial charge in [-0.2, -0.15) is 0 Å². The van der Waals surface area contributed by atoms with Gasteiger partial charge in [0.25, 0.3) is 0 Å². The molecule has 1 atom stereocenters. The van der Waals surface area contributed by atoms with Crippen LogP contribution in [0.4, 0.5) is 11.6 Å².